The van der Waals surface area contributed by atoms with Crippen molar-refractivity contribution in [3.8, 4) is 5.75 Å². The van der Waals surface area contributed by atoms with Gasteiger partial charge in [0.1, 0.15) is 5.75 Å². The minimum Gasteiger partial charge on any atom is -0.477 e. The Morgan fingerprint density at radius 2 is 2.12 bits per heavy atom. The fraction of sp³-hybridized carbons (Fsp3) is 0.368. The van der Waals surface area contributed by atoms with Gasteiger partial charge in [-0.1, -0.05) is 25.5 Å². The molecule has 1 N–H and O–H groups in total. The Kier molecular flexibility index (Phi) is 5.08. The van der Waals surface area contributed by atoms with Crippen molar-refractivity contribution in [3.05, 3.63) is 45.6 Å². The first kappa shape index (κ1) is 17.5. The maximum Gasteiger partial charge on any atom is 0.268 e. The van der Waals surface area contributed by atoms with Gasteiger partial charge in [-0.05, 0) is 37.1 Å². The van der Waals surface area contributed by atoms with Crippen LogP contribution in [0.5, 0.6) is 5.75 Å². The topological polar surface area (TPSA) is 58.6 Å². The van der Waals surface area contributed by atoms with Crippen molar-refractivity contribution in [3.63, 3.8) is 0 Å². The van der Waals surface area contributed by atoms with Gasteiger partial charge in [-0.25, -0.2) is 0 Å². The van der Waals surface area contributed by atoms with E-state index in [9.17, 15) is 9.59 Å². The number of aryl methyl sites for hydroxylation is 2. The lowest BCUT2D eigenvalue weighted by molar-refractivity contribution is -0.127. The maximum absolute atomic E-state index is 13.1. The van der Waals surface area contributed by atoms with Crippen LogP contribution in [0, 0.1) is 6.92 Å². The lowest BCUT2D eigenvalue weighted by atomic mass is 10.1. The Balaban J connectivity index is 1.95. The number of hydrogen-bond donors (Lipinski definition) is 1. The fourth-order valence-electron chi connectivity index (χ4n) is 3.00. The predicted octanol–water partition coefficient (Wildman–Crippen LogP) is 3.16. The van der Waals surface area contributed by atoms with Crippen LogP contribution in [0.15, 0.2) is 30.3 Å². The Bertz CT molecular complexity index is 800. The van der Waals surface area contributed by atoms with E-state index in [2.05, 4.69) is 12.2 Å². The molecule has 0 saturated carbocycles. The second kappa shape index (κ2) is 7.27. The third-order valence-corrected chi connectivity index (χ3v) is 5.39. The molecule has 1 aliphatic heterocycles. The molecule has 0 spiro atoms. The molecular weight excluding hydrogens is 336 g/mol. The SMILES string of the molecule is CCCc1cc(C(=O)N2C[C@@H](C(=O)NC)Oc3ccccc32)sc1C. The first-order valence-corrected chi connectivity index (χ1v) is 9.25. The number of para-hydroxylation sites is 2. The van der Waals surface area contributed by atoms with Gasteiger partial charge in [-0.2, -0.15) is 0 Å². The fourth-order valence-corrected chi connectivity index (χ4v) is 4.02. The second-order valence-electron chi connectivity index (χ2n) is 6.05. The zero-order chi connectivity index (χ0) is 18.0. The summed E-state index contributed by atoms with van der Waals surface area (Å²) in [4.78, 5) is 28.7. The van der Waals surface area contributed by atoms with E-state index in [4.69, 9.17) is 4.74 Å². The van der Waals surface area contributed by atoms with Crippen LogP contribution < -0.4 is 15.0 Å². The number of likely N-dealkylation sites (N-methyl/N-ethyl adjacent to an activating group) is 1. The summed E-state index contributed by atoms with van der Waals surface area (Å²) in [5.74, 6) is 0.235. The van der Waals surface area contributed by atoms with E-state index < -0.39 is 6.10 Å². The van der Waals surface area contributed by atoms with Gasteiger partial charge < -0.3 is 10.1 Å². The molecule has 3 rings (SSSR count). The third-order valence-electron chi connectivity index (χ3n) is 4.31. The number of ether oxygens (including phenoxy) is 1. The summed E-state index contributed by atoms with van der Waals surface area (Å²) in [6.45, 7) is 4.38. The summed E-state index contributed by atoms with van der Waals surface area (Å²) in [5, 5.41) is 2.60. The lowest BCUT2D eigenvalue weighted by Gasteiger charge is -2.33. The number of nitrogens with zero attached hydrogens (tertiary/aromatic N) is 1. The molecule has 5 nitrogen and oxygen atoms in total. The summed E-state index contributed by atoms with van der Waals surface area (Å²) >= 11 is 1.51. The maximum atomic E-state index is 13.1. The molecule has 2 amide bonds. The average Bonchev–Trinajstić information content (AvgIpc) is 3.00. The molecule has 2 aromatic rings. The van der Waals surface area contributed by atoms with Crippen molar-refractivity contribution in [1.29, 1.82) is 0 Å². The highest BCUT2D eigenvalue weighted by Crippen LogP contribution is 2.35. The van der Waals surface area contributed by atoms with E-state index in [1.54, 1.807) is 18.0 Å². The molecule has 2 heterocycles. The highest BCUT2D eigenvalue weighted by atomic mass is 32.1. The second-order valence-corrected chi connectivity index (χ2v) is 7.30. The molecule has 1 aromatic heterocycles. The van der Waals surface area contributed by atoms with Crippen LogP contribution in [0.25, 0.3) is 0 Å². The molecule has 1 aliphatic rings. The number of carbonyl (C=O) groups excluding carboxylic acids is 2. The minimum absolute atomic E-state index is 0.0832. The molecule has 132 valence electrons. The van der Waals surface area contributed by atoms with Crippen LogP contribution >= 0.6 is 11.3 Å². The standard InChI is InChI=1S/C19H22N2O3S/c1-4-7-13-10-17(25-12(13)2)19(23)21-11-16(18(22)20-3)24-15-9-6-5-8-14(15)21/h5-6,8-10,16H,4,7,11H2,1-3H3,(H,20,22)/t16-/m0/s1. The lowest BCUT2D eigenvalue weighted by Crippen LogP contribution is -2.50. The van der Waals surface area contributed by atoms with Crippen LogP contribution in [0.3, 0.4) is 0 Å². The highest BCUT2D eigenvalue weighted by Gasteiger charge is 2.34. The number of amides is 2. The molecule has 1 atom stereocenters. The van der Waals surface area contributed by atoms with Crippen LogP contribution in [-0.2, 0) is 11.2 Å². The molecule has 0 fully saturated rings. The Morgan fingerprint density at radius 1 is 1.36 bits per heavy atom. The van der Waals surface area contributed by atoms with E-state index in [0.717, 1.165) is 12.8 Å². The van der Waals surface area contributed by atoms with Gasteiger partial charge in [-0.3, -0.25) is 14.5 Å². The van der Waals surface area contributed by atoms with Crippen molar-refractivity contribution >= 4 is 28.8 Å². The number of anilines is 1. The van der Waals surface area contributed by atoms with Gasteiger partial charge in [0.25, 0.3) is 11.8 Å². The van der Waals surface area contributed by atoms with E-state index in [1.807, 2.05) is 31.2 Å². The Labute approximate surface area is 151 Å². The van der Waals surface area contributed by atoms with E-state index in [-0.39, 0.29) is 18.4 Å². The van der Waals surface area contributed by atoms with Crippen molar-refractivity contribution in [2.75, 3.05) is 18.5 Å². The largest absolute Gasteiger partial charge is 0.477 e. The molecular formula is C19H22N2O3S. The zero-order valence-corrected chi connectivity index (χ0v) is 15.5. The normalized spacial score (nSPS) is 16.1. The van der Waals surface area contributed by atoms with E-state index >= 15 is 0 Å². The highest BCUT2D eigenvalue weighted by molar-refractivity contribution is 7.14. The smallest absolute Gasteiger partial charge is 0.268 e. The van der Waals surface area contributed by atoms with Crippen molar-refractivity contribution in [1.82, 2.24) is 5.32 Å². The van der Waals surface area contributed by atoms with Crippen molar-refractivity contribution < 1.29 is 14.3 Å². The zero-order valence-electron chi connectivity index (χ0n) is 14.7. The van der Waals surface area contributed by atoms with Gasteiger partial charge in [0, 0.05) is 11.9 Å². The average molecular weight is 358 g/mol. The molecule has 0 unspecified atom stereocenters. The van der Waals surface area contributed by atoms with Gasteiger partial charge in [0.15, 0.2) is 6.10 Å². The predicted molar refractivity (Wildman–Crippen MR) is 99.7 cm³/mol. The number of benzene rings is 1. The molecule has 25 heavy (non-hydrogen) atoms. The summed E-state index contributed by atoms with van der Waals surface area (Å²) in [6.07, 6.45) is 1.31. The van der Waals surface area contributed by atoms with Crippen molar-refractivity contribution in [2.24, 2.45) is 0 Å². The number of hydrogen-bond acceptors (Lipinski definition) is 4. The molecule has 0 radical (unpaired) electrons. The van der Waals surface area contributed by atoms with E-state index in [1.165, 1.54) is 21.8 Å². The molecule has 1 aromatic carbocycles. The summed E-state index contributed by atoms with van der Waals surface area (Å²) < 4.78 is 5.77. The number of thiophene rings is 1. The van der Waals surface area contributed by atoms with Gasteiger partial charge in [0.05, 0.1) is 17.1 Å². The molecule has 0 saturated heterocycles. The van der Waals surface area contributed by atoms with Crippen molar-refractivity contribution in [2.45, 2.75) is 32.8 Å². The van der Waals surface area contributed by atoms with E-state index in [0.29, 0.717) is 16.3 Å². The van der Waals surface area contributed by atoms with Crippen LogP contribution in [0.2, 0.25) is 0 Å². The number of fused-ring (bicyclic) bond motifs is 1. The summed E-state index contributed by atoms with van der Waals surface area (Å²) in [7, 11) is 1.57. The summed E-state index contributed by atoms with van der Waals surface area (Å²) in [5.41, 5.74) is 1.93. The minimum atomic E-state index is -0.708. The Hall–Kier alpha value is -2.34. The van der Waals surface area contributed by atoms with Gasteiger partial charge in [0.2, 0.25) is 0 Å². The van der Waals surface area contributed by atoms with Crippen LogP contribution in [0.4, 0.5) is 5.69 Å². The monoisotopic (exact) mass is 358 g/mol. The third kappa shape index (κ3) is 3.39. The van der Waals surface area contributed by atoms with Gasteiger partial charge >= 0.3 is 0 Å². The number of rotatable bonds is 4. The number of carbonyl (C=O) groups is 2. The first-order chi connectivity index (χ1) is 12.0. The van der Waals surface area contributed by atoms with Crippen LogP contribution in [0.1, 0.15) is 33.5 Å². The van der Waals surface area contributed by atoms with Gasteiger partial charge in [-0.15, -0.1) is 11.3 Å². The number of nitrogens with one attached hydrogen (secondary N) is 1. The Morgan fingerprint density at radius 3 is 2.84 bits per heavy atom. The quantitative estimate of drug-likeness (QED) is 0.913. The first-order valence-electron chi connectivity index (χ1n) is 8.43. The van der Waals surface area contributed by atoms with Crippen LogP contribution in [-0.4, -0.2) is 31.5 Å². The molecule has 0 bridgehead atoms. The molecule has 6 heteroatoms. The summed E-state index contributed by atoms with van der Waals surface area (Å²) in [6, 6.07) is 9.32. The molecule has 0 aliphatic carbocycles.